The molecule has 0 radical (unpaired) electrons. The summed E-state index contributed by atoms with van der Waals surface area (Å²) in [5.74, 6) is 0.501. The van der Waals surface area contributed by atoms with Gasteiger partial charge in [0.2, 0.25) is 5.91 Å². The number of aromatic hydroxyl groups is 1. The van der Waals surface area contributed by atoms with Gasteiger partial charge in [-0.3, -0.25) is 9.79 Å². The van der Waals surface area contributed by atoms with Crippen LogP contribution in [0.2, 0.25) is 0 Å². The second kappa shape index (κ2) is 7.98. The van der Waals surface area contributed by atoms with Crippen molar-refractivity contribution >= 4 is 17.8 Å². The van der Waals surface area contributed by atoms with E-state index >= 15 is 0 Å². The number of phenolic OH excluding ortho intramolecular Hbond substituents is 1. The first-order valence-corrected chi connectivity index (χ1v) is 7.38. The predicted molar refractivity (Wildman–Crippen MR) is 91.6 cm³/mol. The molecule has 120 valence electrons. The topological polar surface area (TPSA) is 70.9 Å². The fourth-order valence-corrected chi connectivity index (χ4v) is 2.13. The SMILES string of the molecule is CCc1ccccc1NC(=O)CN=Cc1cc(OC)ccc1O. The summed E-state index contributed by atoms with van der Waals surface area (Å²) in [6.45, 7) is 2.02. The maximum atomic E-state index is 12.0. The Morgan fingerprint density at radius 1 is 1.30 bits per heavy atom. The van der Waals surface area contributed by atoms with Crippen LogP contribution in [0.3, 0.4) is 0 Å². The Balaban J connectivity index is 1.99. The number of carbonyl (C=O) groups is 1. The summed E-state index contributed by atoms with van der Waals surface area (Å²) >= 11 is 0. The monoisotopic (exact) mass is 312 g/mol. The Morgan fingerprint density at radius 3 is 2.83 bits per heavy atom. The lowest BCUT2D eigenvalue weighted by Gasteiger charge is -2.08. The highest BCUT2D eigenvalue weighted by molar-refractivity contribution is 5.94. The van der Waals surface area contributed by atoms with Crippen molar-refractivity contribution in [3.8, 4) is 11.5 Å². The van der Waals surface area contributed by atoms with Gasteiger partial charge >= 0.3 is 0 Å². The van der Waals surface area contributed by atoms with Gasteiger partial charge in [-0.05, 0) is 36.2 Å². The zero-order valence-corrected chi connectivity index (χ0v) is 13.2. The van der Waals surface area contributed by atoms with Crippen molar-refractivity contribution < 1.29 is 14.6 Å². The predicted octanol–water partition coefficient (Wildman–Crippen LogP) is 3.02. The number of rotatable bonds is 6. The van der Waals surface area contributed by atoms with Crippen molar-refractivity contribution in [3.63, 3.8) is 0 Å². The Kier molecular flexibility index (Phi) is 5.74. The van der Waals surface area contributed by atoms with Gasteiger partial charge in [0.15, 0.2) is 0 Å². The summed E-state index contributed by atoms with van der Waals surface area (Å²) in [5.41, 5.74) is 2.39. The molecule has 2 aromatic rings. The minimum atomic E-state index is -0.204. The van der Waals surface area contributed by atoms with E-state index in [9.17, 15) is 9.90 Å². The van der Waals surface area contributed by atoms with Gasteiger partial charge in [-0.15, -0.1) is 0 Å². The zero-order chi connectivity index (χ0) is 16.7. The molecule has 2 rings (SSSR count). The average molecular weight is 312 g/mol. The third-order valence-electron chi connectivity index (χ3n) is 3.37. The molecule has 0 aliphatic heterocycles. The molecule has 0 saturated carbocycles. The smallest absolute Gasteiger partial charge is 0.246 e. The van der Waals surface area contributed by atoms with Crippen LogP contribution in [0, 0.1) is 0 Å². The molecular weight excluding hydrogens is 292 g/mol. The lowest BCUT2D eigenvalue weighted by Crippen LogP contribution is -2.16. The standard InChI is InChI=1S/C18H20N2O3/c1-3-13-6-4-5-7-16(13)20-18(22)12-19-11-14-10-15(23-2)8-9-17(14)21/h4-11,21H,3,12H2,1-2H3,(H,20,22). The van der Waals surface area contributed by atoms with Gasteiger partial charge in [-0.2, -0.15) is 0 Å². The van der Waals surface area contributed by atoms with Gasteiger partial charge in [0.05, 0.1) is 7.11 Å². The maximum Gasteiger partial charge on any atom is 0.246 e. The number of benzene rings is 2. The highest BCUT2D eigenvalue weighted by Gasteiger charge is 2.05. The number of carbonyl (C=O) groups excluding carboxylic acids is 1. The van der Waals surface area contributed by atoms with Crippen LogP contribution < -0.4 is 10.1 Å². The molecule has 2 aromatic carbocycles. The molecule has 23 heavy (non-hydrogen) atoms. The number of amides is 1. The first kappa shape index (κ1) is 16.5. The van der Waals surface area contributed by atoms with Gasteiger partial charge in [0.25, 0.3) is 0 Å². The average Bonchev–Trinajstić information content (AvgIpc) is 2.57. The molecule has 5 heteroatoms. The van der Waals surface area contributed by atoms with Crippen LogP contribution in [0.1, 0.15) is 18.1 Å². The van der Waals surface area contributed by atoms with Crippen LogP contribution >= 0.6 is 0 Å². The number of methoxy groups -OCH3 is 1. The molecule has 0 aromatic heterocycles. The molecule has 0 heterocycles. The van der Waals surface area contributed by atoms with Gasteiger partial charge in [0.1, 0.15) is 18.0 Å². The molecule has 0 spiro atoms. The fourth-order valence-electron chi connectivity index (χ4n) is 2.13. The number of para-hydroxylation sites is 1. The summed E-state index contributed by atoms with van der Waals surface area (Å²) < 4.78 is 5.09. The fraction of sp³-hybridized carbons (Fsp3) is 0.222. The van der Waals surface area contributed by atoms with Gasteiger partial charge in [-0.1, -0.05) is 25.1 Å². The van der Waals surface area contributed by atoms with Crippen molar-refractivity contribution in [2.24, 2.45) is 4.99 Å². The number of ether oxygens (including phenoxy) is 1. The normalized spacial score (nSPS) is 10.7. The van der Waals surface area contributed by atoms with E-state index in [1.165, 1.54) is 12.3 Å². The van der Waals surface area contributed by atoms with Crippen molar-refractivity contribution in [2.75, 3.05) is 19.0 Å². The molecule has 0 aliphatic rings. The third kappa shape index (κ3) is 4.57. The van der Waals surface area contributed by atoms with E-state index in [1.807, 2.05) is 31.2 Å². The number of anilines is 1. The minimum Gasteiger partial charge on any atom is -0.507 e. The summed E-state index contributed by atoms with van der Waals surface area (Å²) in [6, 6.07) is 12.5. The number of aliphatic imine (C=N–C) groups is 1. The van der Waals surface area contributed by atoms with Crippen LogP contribution in [0.5, 0.6) is 11.5 Å². The molecular formula is C18H20N2O3. The molecule has 0 bridgehead atoms. The van der Waals surface area contributed by atoms with E-state index in [0.717, 1.165) is 17.7 Å². The number of hydrogen-bond donors (Lipinski definition) is 2. The van der Waals surface area contributed by atoms with Gasteiger partial charge in [0, 0.05) is 17.5 Å². The van der Waals surface area contributed by atoms with E-state index in [2.05, 4.69) is 10.3 Å². The van der Waals surface area contributed by atoms with Crippen molar-refractivity contribution in [2.45, 2.75) is 13.3 Å². The molecule has 0 aliphatic carbocycles. The van der Waals surface area contributed by atoms with E-state index in [0.29, 0.717) is 11.3 Å². The number of nitrogens with zero attached hydrogens (tertiary/aromatic N) is 1. The van der Waals surface area contributed by atoms with Crippen molar-refractivity contribution in [1.29, 1.82) is 0 Å². The molecule has 0 unspecified atom stereocenters. The van der Waals surface area contributed by atoms with E-state index in [4.69, 9.17) is 4.74 Å². The molecule has 0 saturated heterocycles. The number of hydrogen-bond acceptors (Lipinski definition) is 4. The van der Waals surface area contributed by atoms with Crippen LogP contribution in [0.15, 0.2) is 47.5 Å². The van der Waals surface area contributed by atoms with Crippen LogP contribution in [-0.4, -0.2) is 30.9 Å². The molecule has 0 fully saturated rings. The van der Waals surface area contributed by atoms with E-state index < -0.39 is 0 Å². The quantitative estimate of drug-likeness (QED) is 0.805. The minimum absolute atomic E-state index is 0.0191. The van der Waals surface area contributed by atoms with E-state index in [1.54, 1.807) is 19.2 Å². The highest BCUT2D eigenvalue weighted by atomic mass is 16.5. The summed E-state index contributed by atoms with van der Waals surface area (Å²) in [4.78, 5) is 16.0. The third-order valence-corrected chi connectivity index (χ3v) is 3.37. The van der Waals surface area contributed by atoms with Crippen LogP contribution in [-0.2, 0) is 11.2 Å². The Labute approximate surface area is 135 Å². The number of phenols is 1. The lowest BCUT2D eigenvalue weighted by atomic mass is 10.1. The van der Waals surface area contributed by atoms with Crippen molar-refractivity contribution in [3.05, 3.63) is 53.6 Å². The first-order valence-electron chi connectivity index (χ1n) is 7.38. The summed E-state index contributed by atoms with van der Waals surface area (Å²) in [6.07, 6.45) is 2.31. The largest absolute Gasteiger partial charge is 0.507 e. The summed E-state index contributed by atoms with van der Waals surface area (Å²) in [7, 11) is 1.55. The van der Waals surface area contributed by atoms with E-state index in [-0.39, 0.29) is 18.2 Å². The second-order valence-electron chi connectivity index (χ2n) is 4.95. The molecule has 2 N–H and O–H groups in total. The van der Waals surface area contributed by atoms with Crippen LogP contribution in [0.4, 0.5) is 5.69 Å². The Hall–Kier alpha value is -2.82. The Morgan fingerprint density at radius 2 is 2.09 bits per heavy atom. The molecule has 5 nitrogen and oxygen atoms in total. The van der Waals surface area contributed by atoms with Crippen molar-refractivity contribution in [1.82, 2.24) is 0 Å². The zero-order valence-electron chi connectivity index (χ0n) is 13.2. The molecule has 1 amide bonds. The number of nitrogens with one attached hydrogen (secondary N) is 1. The van der Waals surface area contributed by atoms with Crippen LogP contribution in [0.25, 0.3) is 0 Å². The molecule has 0 atom stereocenters. The lowest BCUT2D eigenvalue weighted by molar-refractivity contribution is -0.114. The second-order valence-corrected chi connectivity index (χ2v) is 4.95. The number of aryl methyl sites for hydroxylation is 1. The van der Waals surface area contributed by atoms with Gasteiger partial charge in [-0.25, -0.2) is 0 Å². The highest BCUT2D eigenvalue weighted by Crippen LogP contribution is 2.21. The first-order chi connectivity index (χ1) is 11.1. The maximum absolute atomic E-state index is 12.0. The van der Waals surface area contributed by atoms with Gasteiger partial charge < -0.3 is 15.2 Å². The summed E-state index contributed by atoms with van der Waals surface area (Å²) in [5, 5.41) is 12.6. The Bertz CT molecular complexity index is 711.